The number of nitrogens with zero attached hydrogens (tertiary/aromatic N) is 3. The Bertz CT molecular complexity index is 843. The summed E-state index contributed by atoms with van der Waals surface area (Å²) in [6, 6.07) is 9.85. The van der Waals surface area contributed by atoms with Crippen LogP contribution in [0.25, 0.3) is 11.0 Å². The van der Waals surface area contributed by atoms with E-state index in [1.807, 2.05) is 30.3 Å². The van der Waals surface area contributed by atoms with Crippen LogP contribution in [0.1, 0.15) is 11.1 Å². The van der Waals surface area contributed by atoms with Crippen LogP contribution < -0.4 is 10.9 Å². The highest BCUT2D eigenvalue weighted by atomic mass is 16.5. The third-order valence-corrected chi connectivity index (χ3v) is 3.36. The number of fused-ring (bicyclic) bond motifs is 1. The molecule has 6 heteroatoms. The monoisotopic (exact) mass is 282 g/mol. The fourth-order valence-corrected chi connectivity index (χ4v) is 2.25. The van der Waals surface area contributed by atoms with Crippen LogP contribution in [0.15, 0.2) is 47.7 Å². The summed E-state index contributed by atoms with van der Waals surface area (Å²) in [6.07, 6.45) is 2.87. The van der Waals surface area contributed by atoms with E-state index < -0.39 is 5.56 Å². The number of anilines is 1. The van der Waals surface area contributed by atoms with Crippen LogP contribution in [0.5, 0.6) is 0 Å². The molecule has 21 heavy (non-hydrogen) atoms. The molecule has 6 nitrogen and oxygen atoms in total. The Labute approximate surface area is 120 Å². The zero-order chi connectivity index (χ0) is 14.8. The highest BCUT2D eigenvalue weighted by molar-refractivity contribution is 5.89. The van der Waals surface area contributed by atoms with E-state index in [0.29, 0.717) is 27.9 Å². The molecule has 0 unspecified atom stereocenters. The third kappa shape index (κ3) is 2.31. The first-order valence-corrected chi connectivity index (χ1v) is 6.51. The first-order valence-electron chi connectivity index (χ1n) is 6.51. The van der Waals surface area contributed by atoms with Crippen LogP contribution in [0.4, 0.5) is 5.69 Å². The number of rotatable bonds is 3. The molecule has 0 radical (unpaired) electrons. The smallest absolute Gasteiger partial charge is 0.289 e. The number of nitrogens with one attached hydrogen (secondary N) is 1. The highest BCUT2D eigenvalue weighted by Crippen LogP contribution is 2.22. The molecule has 0 saturated heterocycles. The van der Waals surface area contributed by atoms with Crippen LogP contribution in [0, 0.1) is 6.92 Å². The summed E-state index contributed by atoms with van der Waals surface area (Å²) in [6.45, 7) is 2.23. The Morgan fingerprint density at radius 3 is 2.81 bits per heavy atom. The minimum absolute atomic E-state index is 0.191. The number of benzene rings is 1. The molecule has 0 amide bonds. The lowest BCUT2D eigenvalue weighted by Gasteiger charge is -2.13. The van der Waals surface area contributed by atoms with Crippen molar-refractivity contribution in [3.8, 4) is 0 Å². The second-order valence-corrected chi connectivity index (χ2v) is 4.72. The Morgan fingerprint density at radius 1 is 1.29 bits per heavy atom. The first-order chi connectivity index (χ1) is 10.2. The van der Waals surface area contributed by atoms with Crippen molar-refractivity contribution in [1.82, 2.24) is 14.7 Å². The summed E-state index contributed by atoms with van der Waals surface area (Å²) in [7, 11) is 0. The quantitative estimate of drug-likeness (QED) is 0.718. The molecule has 3 rings (SSSR count). The van der Waals surface area contributed by atoms with Gasteiger partial charge in [-0.2, -0.15) is 0 Å². The van der Waals surface area contributed by atoms with Gasteiger partial charge in [0.2, 0.25) is 0 Å². The van der Waals surface area contributed by atoms with E-state index in [0.717, 1.165) is 5.56 Å². The Morgan fingerprint density at radius 2 is 2.05 bits per heavy atom. The van der Waals surface area contributed by atoms with E-state index in [9.17, 15) is 10.0 Å². The molecule has 0 aliphatic carbocycles. The Balaban J connectivity index is 2.08. The molecule has 2 N–H and O–H groups in total. The van der Waals surface area contributed by atoms with Gasteiger partial charge in [-0.25, -0.2) is 9.97 Å². The van der Waals surface area contributed by atoms with Gasteiger partial charge in [-0.15, -0.1) is 4.73 Å². The maximum Gasteiger partial charge on any atom is 0.289 e. The largest absolute Gasteiger partial charge is 0.423 e. The molecule has 0 spiro atoms. The number of hydrogen-bond donors (Lipinski definition) is 2. The average molecular weight is 282 g/mol. The highest BCUT2D eigenvalue weighted by Gasteiger charge is 2.14. The van der Waals surface area contributed by atoms with Gasteiger partial charge in [-0.3, -0.25) is 4.79 Å². The topological polar surface area (TPSA) is 80.0 Å². The summed E-state index contributed by atoms with van der Waals surface area (Å²) in [5, 5.41) is 13.7. The molecule has 2 aromatic heterocycles. The van der Waals surface area contributed by atoms with Gasteiger partial charge in [-0.05, 0) is 12.5 Å². The molecular formula is C15H14N4O2. The van der Waals surface area contributed by atoms with Crippen LogP contribution in [-0.4, -0.2) is 19.9 Å². The molecule has 0 bridgehead atoms. The molecule has 0 fully saturated rings. The summed E-state index contributed by atoms with van der Waals surface area (Å²) in [5.41, 5.74) is 1.86. The summed E-state index contributed by atoms with van der Waals surface area (Å²) in [5.74, 6) is 0. The van der Waals surface area contributed by atoms with E-state index in [-0.39, 0.29) is 5.65 Å². The van der Waals surface area contributed by atoms with Crippen molar-refractivity contribution >= 4 is 16.7 Å². The third-order valence-electron chi connectivity index (χ3n) is 3.36. The Kier molecular flexibility index (Phi) is 3.27. The standard InChI is InChI=1S/C15H14N4O2/c1-10-13(17-7-11-5-3-2-4-6-11)12-8-16-9-18-14(12)19(21)15(10)20/h2-6,8-9,17,21H,7H2,1H3. The minimum atomic E-state index is -0.489. The molecule has 1 aromatic carbocycles. The maximum absolute atomic E-state index is 12.0. The van der Waals surface area contributed by atoms with Crippen LogP contribution in [0.2, 0.25) is 0 Å². The van der Waals surface area contributed by atoms with Crippen LogP contribution in [0.3, 0.4) is 0 Å². The predicted octanol–water partition coefficient (Wildman–Crippen LogP) is 1.95. The zero-order valence-electron chi connectivity index (χ0n) is 11.4. The molecular weight excluding hydrogens is 268 g/mol. The summed E-state index contributed by atoms with van der Waals surface area (Å²) < 4.78 is 0.556. The normalized spacial score (nSPS) is 10.7. The second kappa shape index (κ2) is 5.24. The van der Waals surface area contributed by atoms with Crippen molar-refractivity contribution in [2.75, 3.05) is 5.32 Å². The lowest BCUT2D eigenvalue weighted by molar-refractivity contribution is 0.186. The van der Waals surface area contributed by atoms with Crippen molar-refractivity contribution < 1.29 is 5.21 Å². The number of hydrogen-bond acceptors (Lipinski definition) is 5. The van der Waals surface area contributed by atoms with Gasteiger partial charge >= 0.3 is 0 Å². The van der Waals surface area contributed by atoms with Gasteiger partial charge < -0.3 is 10.5 Å². The molecule has 3 aromatic rings. The average Bonchev–Trinajstić information content (AvgIpc) is 2.54. The first kappa shape index (κ1) is 13.1. The van der Waals surface area contributed by atoms with Gasteiger partial charge in [0.1, 0.15) is 6.33 Å². The predicted molar refractivity (Wildman–Crippen MR) is 79.5 cm³/mol. The van der Waals surface area contributed by atoms with Crippen molar-refractivity contribution in [3.05, 3.63) is 64.3 Å². The summed E-state index contributed by atoms with van der Waals surface area (Å²) >= 11 is 0. The van der Waals surface area contributed by atoms with E-state index in [4.69, 9.17) is 0 Å². The zero-order valence-corrected chi connectivity index (χ0v) is 11.4. The maximum atomic E-state index is 12.0. The van der Waals surface area contributed by atoms with Gasteiger partial charge in [-0.1, -0.05) is 30.3 Å². The molecule has 2 heterocycles. The Hall–Kier alpha value is -2.89. The van der Waals surface area contributed by atoms with Crippen molar-refractivity contribution in [2.24, 2.45) is 0 Å². The number of pyridine rings is 1. The van der Waals surface area contributed by atoms with Gasteiger partial charge in [0, 0.05) is 18.3 Å². The van der Waals surface area contributed by atoms with E-state index in [1.54, 1.807) is 13.1 Å². The molecule has 0 aliphatic rings. The van der Waals surface area contributed by atoms with Crippen LogP contribution in [-0.2, 0) is 6.54 Å². The van der Waals surface area contributed by atoms with E-state index in [1.165, 1.54) is 6.33 Å². The van der Waals surface area contributed by atoms with Crippen molar-refractivity contribution in [1.29, 1.82) is 0 Å². The fourth-order valence-electron chi connectivity index (χ4n) is 2.25. The van der Waals surface area contributed by atoms with Crippen molar-refractivity contribution in [3.63, 3.8) is 0 Å². The van der Waals surface area contributed by atoms with Gasteiger partial charge in [0.15, 0.2) is 5.65 Å². The molecule has 106 valence electrons. The minimum Gasteiger partial charge on any atom is -0.423 e. The van der Waals surface area contributed by atoms with E-state index in [2.05, 4.69) is 15.3 Å². The van der Waals surface area contributed by atoms with Crippen molar-refractivity contribution in [2.45, 2.75) is 13.5 Å². The lowest BCUT2D eigenvalue weighted by Crippen LogP contribution is -2.23. The summed E-state index contributed by atoms with van der Waals surface area (Å²) in [4.78, 5) is 20.0. The molecule has 0 saturated carbocycles. The number of aromatic nitrogens is 3. The van der Waals surface area contributed by atoms with Gasteiger partial charge in [0.25, 0.3) is 5.56 Å². The van der Waals surface area contributed by atoms with Crippen LogP contribution >= 0.6 is 0 Å². The molecule has 0 aliphatic heterocycles. The van der Waals surface area contributed by atoms with Gasteiger partial charge in [0.05, 0.1) is 11.1 Å². The second-order valence-electron chi connectivity index (χ2n) is 4.72. The van der Waals surface area contributed by atoms with E-state index >= 15 is 0 Å². The molecule has 0 atom stereocenters. The SMILES string of the molecule is Cc1c(NCc2ccccc2)c2cncnc2n(O)c1=O. The lowest BCUT2D eigenvalue weighted by atomic mass is 10.1. The fraction of sp³-hybridized carbons (Fsp3) is 0.133.